The van der Waals surface area contributed by atoms with E-state index in [0.29, 0.717) is 25.0 Å². The molecule has 0 aliphatic carbocycles. The summed E-state index contributed by atoms with van der Waals surface area (Å²) in [6.07, 6.45) is 1.17. The van der Waals surface area contributed by atoms with E-state index in [9.17, 15) is 0 Å². The second-order valence-corrected chi connectivity index (χ2v) is 4.53. The van der Waals surface area contributed by atoms with Crippen LogP contribution in [0.1, 0.15) is 38.7 Å². The summed E-state index contributed by atoms with van der Waals surface area (Å²) in [7, 11) is 0. The van der Waals surface area contributed by atoms with Gasteiger partial charge in [0, 0.05) is 5.92 Å². The Kier molecular flexibility index (Phi) is 5.33. The average Bonchev–Trinajstić information content (AvgIpc) is 2.35. The molecule has 0 aliphatic rings. The quantitative estimate of drug-likeness (QED) is 0.800. The number of benzene rings is 1. The van der Waals surface area contributed by atoms with Crippen molar-refractivity contribution in [3.8, 4) is 5.75 Å². The minimum Gasteiger partial charge on any atom is -0.493 e. The molecule has 0 amide bonds. The lowest BCUT2D eigenvalue weighted by Gasteiger charge is -2.13. The second kappa shape index (κ2) is 6.54. The highest BCUT2D eigenvalue weighted by atomic mass is 16.5. The Labute approximate surface area is 98.8 Å². The van der Waals surface area contributed by atoms with Crippen molar-refractivity contribution in [2.45, 2.75) is 33.1 Å². The number of nitrogens with two attached hydrogens (primary N) is 1. The Morgan fingerprint density at radius 1 is 1.19 bits per heavy atom. The van der Waals surface area contributed by atoms with Crippen LogP contribution in [0.25, 0.3) is 0 Å². The summed E-state index contributed by atoms with van der Waals surface area (Å²) in [5.74, 6) is 1.97. The minimum atomic E-state index is 0.411. The normalized spacial score (nSPS) is 14.5. The first-order valence-electron chi connectivity index (χ1n) is 6.10. The topological polar surface area (TPSA) is 35.2 Å². The van der Waals surface area contributed by atoms with Crippen molar-refractivity contribution in [2.75, 3.05) is 13.2 Å². The second-order valence-electron chi connectivity index (χ2n) is 4.53. The first-order valence-corrected chi connectivity index (χ1v) is 6.10. The third-order valence-electron chi connectivity index (χ3n) is 3.00. The zero-order chi connectivity index (χ0) is 12.0. The van der Waals surface area contributed by atoms with Crippen LogP contribution in [-0.2, 0) is 0 Å². The van der Waals surface area contributed by atoms with Crippen LogP contribution < -0.4 is 10.5 Å². The van der Waals surface area contributed by atoms with Crippen LogP contribution in [0, 0.1) is 5.92 Å². The Morgan fingerprint density at radius 2 is 1.81 bits per heavy atom. The summed E-state index contributed by atoms with van der Waals surface area (Å²) in [5, 5.41) is 0. The molecular weight excluding hydrogens is 198 g/mol. The highest BCUT2D eigenvalue weighted by Crippen LogP contribution is 2.21. The van der Waals surface area contributed by atoms with Gasteiger partial charge >= 0.3 is 0 Å². The summed E-state index contributed by atoms with van der Waals surface area (Å²) in [6.45, 7) is 7.90. The summed E-state index contributed by atoms with van der Waals surface area (Å²) in [6, 6.07) is 8.39. The van der Waals surface area contributed by atoms with Gasteiger partial charge in [-0.25, -0.2) is 0 Å². The number of ether oxygens (including phenoxy) is 1. The third-order valence-corrected chi connectivity index (χ3v) is 3.00. The van der Waals surface area contributed by atoms with E-state index < -0.39 is 0 Å². The van der Waals surface area contributed by atoms with Gasteiger partial charge in [-0.15, -0.1) is 0 Å². The highest BCUT2D eigenvalue weighted by molar-refractivity contribution is 5.29. The maximum absolute atomic E-state index is 5.65. The van der Waals surface area contributed by atoms with Gasteiger partial charge in [0.25, 0.3) is 0 Å². The summed E-state index contributed by atoms with van der Waals surface area (Å²) >= 11 is 0. The molecule has 1 rings (SSSR count). The van der Waals surface area contributed by atoms with Gasteiger partial charge in [-0.3, -0.25) is 0 Å². The summed E-state index contributed by atoms with van der Waals surface area (Å²) in [5.41, 5.74) is 6.91. The molecule has 0 spiro atoms. The molecule has 0 saturated carbocycles. The van der Waals surface area contributed by atoms with Gasteiger partial charge in [0.1, 0.15) is 5.75 Å². The van der Waals surface area contributed by atoms with E-state index in [1.807, 2.05) is 12.1 Å². The zero-order valence-electron chi connectivity index (χ0n) is 10.6. The standard InChI is InChI=1S/C14H23NO/c1-4-12(3)13-5-7-14(8-6-13)16-10-11(2)9-15/h5-8,11-12H,4,9-10,15H2,1-3H3. The molecule has 1 aromatic carbocycles. The largest absolute Gasteiger partial charge is 0.493 e. The Bertz CT molecular complexity index is 294. The summed E-state index contributed by atoms with van der Waals surface area (Å²) < 4.78 is 5.65. The van der Waals surface area contributed by atoms with Crippen molar-refractivity contribution in [3.05, 3.63) is 29.8 Å². The lowest BCUT2D eigenvalue weighted by Crippen LogP contribution is -2.18. The van der Waals surface area contributed by atoms with E-state index >= 15 is 0 Å². The zero-order valence-corrected chi connectivity index (χ0v) is 10.6. The van der Waals surface area contributed by atoms with Crippen molar-refractivity contribution in [1.29, 1.82) is 0 Å². The van der Waals surface area contributed by atoms with E-state index in [1.54, 1.807) is 0 Å². The fraction of sp³-hybridized carbons (Fsp3) is 0.571. The fourth-order valence-electron chi connectivity index (χ4n) is 1.43. The number of hydrogen-bond donors (Lipinski definition) is 1. The van der Waals surface area contributed by atoms with Gasteiger partial charge in [0.2, 0.25) is 0 Å². The first-order chi connectivity index (χ1) is 7.67. The van der Waals surface area contributed by atoms with Crippen LogP contribution in [0.4, 0.5) is 0 Å². The number of rotatable bonds is 6. The molecule has 16 heavy (non-hydrogen) atoms. The van der Waals surface area contributed by atoms with E-state index in [-0.39, 0.29) is 0 Å². The Morgan fingerprint density at radius 3 is 2.31 bits per heavy atom. The van der Waals surface area contributed by atoms with E-state index in [4.69, 9.17) is 10.5 Å². The molecule has 2 atom stereocenters. The molecule has 0 aromatic heterocycles. The molecule has 0 saturated heterocycles. The molecule has 2 heteroatoms. The van der Waals surface area contributed by atoms with Crippen LogP contribution in [0.5, 0.6) is 5.75 Å². The van der Waals surface area contributed by atoms with Gasteiger partial charge in [0.15, 0.2) is 0 Å². The first kappa shape index (κ1) is 13.0. The van der Waals surface area contributed by atoms with Crippen molar-refractivity contribution in [3.63, 3.8) is 0 Å². The molecule has 0 bridgehead atoms. The van der Waals surface area contributed by atoms with Crippen LogP contribution >= 0.6 is 0 Å². The Hall–Kier alpha value is -1.02. The van der Waals surface area contributed by atoms with Crippen LogP contribution in [-0.4, -0.2) is 13.2 Å². The molecular formula is C14H23NO. The monoisotopic (exact) mass is 221 g/mol. The third kappa shape index (κ3) is 3.86. The lowest BCUT2D eigenvalue weighted by molar-refractivity contribution is 0.264. The lowest BCUT2D eigenvalue weighted by atomic mass is 9.99. The number of hydrogen-bond acceptors (Lipinski definition) is 2. The molecule has 2 unspecified atom stereocenters. The van der Waals surface area contributed by atoms with Crippen molar-refractivity contribution in [2.24, 2.45) is 11.7 Å². The SMILES string of the molecule is CCC(C)c1ccc(OCC(C)CN)cc1. The molecule has 90 valence electrons. The predicted octanol–water partition coefficient (Wildman–Crippen LogP) is 3.17. The molecule has 1 aromatic rings. The predicted molar refractivity (Wildman–Crippen MR) is 68.9 cm³/mol. The molecule has 2 nitrogen and oxygen atoms in total. The van der Waals surface area contributed by atoms with Gasteiger partial charge in [-0.05, 0) is 36.6 Å². The van der Waals surface area contributed by atoms with Crippen LogP contribution in [0.2, 0.25) is 0 Å². The fourth-order valence-corrected chi connectivity index (χ4v) is 1.43. The van der Waals surface area contributed by atoms with Crippen molar-refractivity contribution >= 4 is 0 Å². The van der Waals surface area contributed by atoms with E-state index in [1.165, 1.54) is 12.0 Å². The molecule has 0 radical (unpaired) electrons. The van der Waals surface area contributed by atoms with E-state index in [2.05, 4.69) is 32.9 Å². The van der Waals surface area contributed by atoms with Crippen LogP contribution in [0.15, 0.2) is 24.3 Å². The van der Waals surface area contributed by atoms with Gasteiger partial charge < -0.3 is 10.5 Å². The van der Waals surface area contributed by atoms with Gasteiger partial charge in [-0.2, -0.15) is 0 Å². The van der Waals surface area contributed by atoms with E-state index in [0.717, 1.165) is 5.75 Å². The maximum Gasteiger partial charge on any atom is 0.119 e. The highest BCUT2D eigenvalue weighted by Gasteiger charge is 2.04. The van der Waals surface area contributed by atoms with Crippen LogP contribution in [0.3, 0.4) is 0 Å². The minimum absolute atomic E-state index is 0.411. The maximum atomic E-state index is 5.65. The Balaban J connectivity index is 2.51. The molecule has 0 fully saturated rings. The molecule has 0 aliphatic heterocycles. The van der Waals surface area contributed by atoms with Gasteiger partial charge in [-0.1, -0.05) is 32.9 Å². The van der Waals surface area contributed by atoms with Crippen molar-refractivity contribution < 1.29 is 4.74 Å². The average molecular weight is 221 g/mol. The molecule has 2 N–H and O–H groups in total. The van der Waals surface area contributed by atoms with Gasteiger partial charge in [0.05, 0.1) is 6.61 Å². The summed E-state index contributed by atoms with van der Waals surface area (Å²) in [4.78, 5) is 0. The van der Waals surface area contributed by atoms with Crippen molar-refractivity contribution in [1.82, 2.24) is 0 Å². The smallest absolute Gasteiger partial charge is 0.119 e. The molecule has 0 heterocycles.